The lowest BCUT2D eigenvalue weighted by Gasteiger charge is -1.97. The van der Waals surface area contributed by atoms with Gasteiger partial charge in [0.2, 0.25) is 0 Å². The molecule has 0 aliphatic heterocycles. The van der Waals surface area contributed by atoms with E-state index in [-0.39, 0.29) is 0 Å². The Kier molecular flexibility index (Phi) is 3.70. The third-order valence-corrected chi connectivity index (χ3v) is 3.87. The number of nitrogens with zero attached hydrogens (tertiary/aromatic N) is 2. The number of halogens is 1. The zero-order chi connectivity index (χ0) is 15.7. The average molecular weight is 308 g/mol. The Morgan fingerprint density at radius 3 is 2.73 bits per heavy atom. The summed E-state index contributed by atoms with van der Waals surface area (Å²) in [6.07, 6.45) is 1.78. The second-order valence-corrected chi connectivity index (χ2v) is 5.70. The minimum atomic E-state index is 0.480. The molecule has 4 heteroatoms. The molecule has 3 nitrogen and oxygen atoms in total. The first kappa shape index (κ1) is 14.4. The number of rotatable bonds is 2. The first-order valence-electron chi connectivity index (χ1n) is 6.91. The number of fused-ring (bicyclic) bond motifs is 1. The van der Waals surface area contributed by atoms with E-state index in [0.29, 0.717) is 16.4 Å². The fraction of sp³-hybridized carbons (Fsp3) is 0.111. The number of hydrogen-bond donors (Lipinski definition) is 1. The van der Waals surface area contributed by atoms with Gasteiger partial charge in [-0.3, -0.25) is 0 Å². The number of hydrogen-bond acceptors (Lipinski definition) is 2. The number of aromatic nitrogens is 2. The predicted molar refractivity (Wildman–Crippen MR) is 90.5 cm³/mol. The van der Waals surface area contributed by atoms with Crippen molar-refractivity contribution in [2.45, 2.75) is 13.8 Å². The SMILES string of the molecule is Cc1cc2nc(/C(C#N)=C\c3cccc(Cl)c3)[nH]c2cc1C. The van der Waals surface area contributed by atoms with Gasteiger partial charge in [-0.15, -0.1) is 0 Å². The molecule has 1 N–H and O–H groups in total. The van der Waals surface area contributed by atoms with E-state index in [4.69, 9.17) is 11.6 Å². The molecule has 0 aliphatic carbocycles. The van der Waals surface area contributed by atoms with E-state index in [1.165, 1.54) is 11.1 Å². The maximum atomic E-state index is 9.43. The van der Waals surface area contributed by atoms with Crippen molar-refractivity contribution >= 4 is 34.3 Å². The summed E-state index contributed by atoms with van der Waals surface area (Å²) in [4.78, 5) is 7.74. The lowest BCUT2D eigenvalue weighted by Crippen LogP contribution is -1.84. The molecule has 0 saturated carbocycles. The molecule has 0 bridgehead atoms. The van der Waals surface area contributed by atoms with Crippen LogP contribution in [0.4, 0.5) is 0 Å². The summed E-state index contributed by atoms with van der Waals surface area (Å²) < 4.78 is 0. The molecule has 1 aromatic heterocycles. The van der Waals surface area contributed by atoms with Crippen LogP contribution in [0.15, 0.2) is 36.4 Å². The molecule has 0 amide bonds. The first-order chi connectivity index (χ1) is 10.6. The molecule has 0 unspecified atom stereocenters. The van der Waals surface area contributed by atoms with E-state index < -0.39 is 0 Å². The van der Waals surface area contributed by atoms with Crippen LogP contribution in [0.5, 0.6) is 0 Å². The minimum Gasteiger partial charge on any atom is -0.337 e. The highest BCUT2D eigenvalue weighted by molar-refractivity contribution is 6.30. The molecule has 108 valence electrons. The Bertz CT molecular complexity index is 890. The molecule has 22 heavy (non-hydrogen) atoms. The topological polar surface area (TPSA) is 52.5 Å². The van der Waals surface area contributed by atoms with E-state index in [2.05, 4.69) is 36.0 Å². The quantitative estimate of drug-likeness (QED) is 0.685. The fourth-order valence-electron chi connectivity index (χ4n) is 2.31. The summed E-state index contributed by atoms with van der Waals surface area (Å²) in [5.74, 6) is 0.572. The van der Waals surface area contributed by atoms with Crippen molar-refractivity contribution in [3.05, 3.63) is 63.9 Å². The van der Waals surface area contributed by atoms with Gasteiger partial charge in [0.05, 0.1) is 16.6 Å². The maximum Gasteiger partial charge on any atom is 0.149 e. The molecular weight excluding hydrogens is 294 g/mol. The summed E-state index contributed by atoms with van der Waals surface area (Å²) in [7, 11) is 0. The van der Waals surface area contributed by atoms with Crippen LogP contribution in [0.25, 0.3) is 22.7 Å². The number of benzene rings is 2. The van der Waals surface area contributed by atoms with E-state index in [1.54, 1.807) is 12.1 Å². The van der Waals surface area contributed by atoms with Crippen LogP contribution in [-0.2, 0) is 0 Å². The highest BCUT2D eigenvalue weighted by atomic mass is 35.5. The van der Waals surface area contributed by atoms with Gasteiger partial charge in [-0.1, -0.05) is 23.7 Å². The van der Waals surface area contributed by atoms with Gasteiger partial charge >= 0.3 is 0 Å². The van der Waals surface area contributed by atoms with Crippen molar-refractivity contribution in [2.24, 2.45) is 0 Å². The van der Waals surface area contributed by atoms with E-state index in [0.717, 1.165) is 16.6 Å². The standard InChI is InChI=1S/C18H14ClN3/c1-11-6-16-17(7-12(11)2)22-18(21-16)14(10-20)8-13-4-3-5-15(19)9-13/h3-9H,1-2H3,(H,21,22)/b14-8-. The van der Waals surface area contributed by atoms with Crippen molar-refractivity contribution in [3.63, 3.8) is 0 Å². The molecule has 1 heterocycles. The number of H-pyrrole nitrogens is 1. The Morgan fingerprint density at radius 2 is 2.00 bits per heavy atom. The first-order valence-corrected chi connectivity index (χ1v) is 7.29. The number of aryl methyl sites for hydroxylation is 2. The number of nitrogens with one attached hydrogen (secondary N) is 1. The summed E-state index contributed by atoms with van der Waals surface area (Å²) in [5.41, 5.74) is 5.53. The number of nitriles is 1. The Hall–Kier alpha value is -2.57. The normalized spacial score (nSPS) is 11.6. The van der Waals surface area contributed by atoms with Crippen LogP contribution >= 0.6 is 11.6 Å². The van der Waals surface area contributed by atoms with Gasteiger partial charge in [0.15, 0.2) is 0 Å². The van der Waals surface area contributed by atoms with Crippen LogP contribution in [0, 0.1) is 25.2 Å². The van der Waals surface area contributed by atoms with E-state index in [9.17, 15) is 5.26 Å². The number of aromatic amines is 1. The highest BCUT2D eigenvalue weighted by Crippen LogP contribution is 2.22. The van der Waals surface area contributed by atoms with Crippen LogP contribution < -0.4 is 0 Å². The van der Waals surface area contributed by atoms with Crippen molar-refractivity contribution in [2.75, 3.05) is 0 Å². The Morgan fingerprint density at radius 1 is 1.23 bits per heavy atom. The van der Waals surface area contributed by atoms with Crippen LogP contribution in [0.3, 0.4) is 0 Å². The second kappa shape index (κ2) is 5.67. The second-order valence-electron chi connectivity index (χ2n) is 5.26. The summed E-state index contributed by atoms with van der Waals surface area (Å²) in [6.45, 7) is 4.11. The smallest absolute Gasteiger partial charge is 0.149 e. The van der Waals surface area contributed by atoms with Gasteiger partial charge in [0.25, 0.3) is 0 Å². The van der Waals surface area contributed by atoms with Crippen LogP contribution in [-0.4, -0.2) is 9.97 Å². The zero-order valence-electron chi connectivity index (χ0n) is 12.3. The number of imidazole rings is 1. The molecule has 0 radical (unpaired) electrons. The maximum absolute atomic E-state index is 9.43. The lowest BCUT2D eigenvalue weighted by molar-refractivity contribution is 1.27. The van der Waals surface area contributed by atoms with Gasteiger partial charge in [-0.05, 0) is 60.9 Å². The van der Waals surface area contributed by atoms with Crippen LogP contribution in [0.2, 0.25) is 5.02 Å². The van der Waals surface area contributed by atoms with Crippen LogP contribution in [0.1, 0.15) is 22.5 Å². The third kappa shape index (κ3) is 2.74. The molecular formula is C18H14ClN3. The van der Waals surface area contributed by atoms with Crippen molar-refractivity contribution in [3.8, 4) is 6.07 Å². The molecule has 0 aliphatic rings. The predicted octanol–water partition coefficient (Wildman–Crippen LogP) is 4.90. The van der Waals surface area contributed by atoms with Gasteiger partial charge in [-0.2, -0.15) is 5.26 Å². The minimum absolute atomic E-state index is 0.480. The molecule has 2 aromatic carbocycles. The zero-order valence-corrected chi connectivity index (χ0v) is 13.1. The van der Waals surface area contributed by atoms with E-state index >= 15 is 0 Å². The summed E-state index contributed by atoms with van der Waals surface area (Å²) in [5, 5.41) is 10.1. The number of allylic oxidation sites excluding steroid dienone is 1. The Balaban J connectivity index is 2.09. The molecule has 0 spiro atoms. The van der Waals surface area contributed by atoms with Crippen molar-refractivity contribution < 1.29 is 0 Å². The van der Waals surface area contributed by atoms with E-state index in [1.807, 2.05) is 24.3 Å². The fourth-order valence-corrected chi connectivity index (χ4v) is 2.51. The summed E-state index contributed by atoms with van der Waals surface area (Å²) in [6, 6.07) is 13.7. The lowest BCUT2D eigenvalue weighted by atomic mass is 10.1. The average Bonchev–Trinajstić information content (AvgIpc) is 2.88. The largest absolute Gasteiger partial charge is 0.337 e. The monoisotopic (exact) mass is 307 g/mol. The van der Waals surface area contributed by atoms with Gasteiger partial charge in [0.1, 0.15) is 11.9 Å². The highest BCUT2D eigenvalue weighted by Gasteiger charge is 2.09. The van der Waals surface area contributed by atoms with Crippen molar-refractivity contribution in [1.82, 2.24) is 9.97 Å². The van der Waals surface area contributed by atoms with Gasteiger partial charge in [0, 0.05) is 5.02 Å². The van der Waals surface area contributed by atoms with Crippen molar-refractivity contribution in [1.29, 1.82) is 5.26 Å². The third-order valence-electron chi connectivity index (χ3n) is 3.63. The summed E-state index contributed by atoms with van der Waals surface area (Å²) >= 11 is 5.98. The molecule has 0 saturated heterocycles. The Labute approximate surface area is 133 Å². The molecule has 3 rings (SSSR count). The molecule has 3 aromatic rings. The molecule has 0 atom stereocenters. The van der Waals surface area contributed by atoms with Gasteiger partial charge < -0.3 is 4.98 Å². The molecule has 0 fully saturated rings. The van der Waals surface area contributed by atoms with Gasteiger partial charge in [-0.25, -0.2) is 4.98 Å².